The fourth-order valence-corrected chi connectivity index (χ4v) is 6.08. The van der Waals surface area contributed by atoms with Crippen LogP contribution in [0.25, 0.3) is 10.8 Å². The Labute approximate surface area is 216 Å². The minimum Gasteiger partial charge on any atom is -0.489 e. The Morgan fingerprint density at radius 1 is 0.971 bits per heavy atom. The van der Waals surface area contributed by atoms with E-state index in [1.165, 1.54) is 4.31 Å². The number of rotatable bonds is 5. The number of sulfonamides is 1. The normalized spacial score (nSPS) is 18.9. The van der Waals surface area contributed by atoms with Crippen molar-refractivity contribution < 1.29 is 17.9 Å². The molecule has 1 amide bonds. The van der Waals surface area contributed by atoms with E-state index in [9.17, 15) is 13.2 Å². The van der Waals surface area contributed by atoms with Gasteiger partial charge in [0.15, 0.2) is 0 Å². The Morgan fingerprint density at radius 2 is 1.71 bits per heavy atom. The molecule has 0 aromatic heterocycles. The summed E-state index contributed by atoms with van der Waals surface area (Å²) in [6.07, 6.45) is 1.06. The summed E-state index contributed by atoms with van der Waals surface area (Å²) in [5.41, 5.74) is 0.549. The maximum atomic E-state index is 13.2. The largest absolute Gasteiger partial charge is 0.489 e. The lowest BCUT2D eigenvalue weighted by molar-refractivity contribution is 0.0697. The maximum Gasteiger partial charge on any atom is 0.254 e. The van der Waals surface area contributed by atoms with Gasteiger partial charge in [0.05, 0.1) is 4.90 Å². The number of carbonyl (C=O) groups excluding carboxylic acids is 1. The zero-order valence-corrected chi connectivity index (χ0v) is 21.4. The van der Waals surface area contributed by atoms with E-state index in [-0.39, 0.29) is 42.4 Å². The van der Waals surface area contributed by atoms with E-state index in [2.05, 4.69) is 5.32 Å². The van der Waals surface area contributed by atoms with Crippen LogP contribution in [-0.4, -0.2) is 68.9 Å². The number of nitrogens with zero attached hydrogens (tertiary/aromatic N) is 2. The molecule has 1 N–H and O–H groups in total. The van der Waals surface area contributed by atoms with Gasteiger partial charge < -0.3 is 15.0 Å². The summed E-state index contributed by atoms with van der Waals surface area (Å²) in [7, 11) is -3.66. The molecule has 3 aromatic rings. The molecule has 7 nitrogen and oxygen atoms in total. The van der Waals surface area contributed by atoms with Crippen molar-refractivity contribution in [2.24, 2.45) is 0 Å². The molecule has 0 radical (unpaired) electrons. The minimum absolute atomic E-state index is 0. The van der Waals surface area contributed by atoms with Crippen LogP contribution in [0.1, 0.15) is 16.8 Å². The molecule has 10 heteroatoms. The summed E-state index contributed by atoms with van der Waals surface area (Å²) in [6, 6.07) is 17.6. The third-order valence-corrected chi connectivity index (χ3v) is 8.47. The van der Waals surface area contributed by atoms with Crippen molar-refractivity contribution in [2.45, 2.75) is 17.4 Å². The highest BCUT2D eigenvalue weighted by atomic mass is 35.5. The molecule has 0 bridgehead atoms. The first-order chi connectivity index (χ1) is 16.4. The number of nitrogens with one attached hydrogen (secondary N) is 1. The molecule has 0 spiro atoms. The average molecular weight is 536 g/mol. The molecule has 35 heavy (non-hydrogen) atoms. The number of piperazine rings is 1. The Hall–Kier alpha value is -2.36. The van der Waals surface area contributed by atoms with Gasteiger partial charge in [-0.05, 0) is 66.2 Å². The average Bonchev–Trinajstić information content (AvgIpc) is 3.36. The van der Waals surface area contributed by atoms with E-state index in [1.807, 2.05) is 24.3 Å². The van der Waals surface area contributed by atoms with Crippen LogP contribution in [-0.2, 0) is 10.0 Å². The van der Waals surface area contributed by atoms with Crippen molar-refractivity contribution in [2.75, 3.05) is 39.3 Å². The van der Waals surface area contributed by atoms with E-state index < -0.39 is 10.0 Å². The van der Waals surface area contributed by atoms with Crippen LogP contribution in [0.2, 0.25) is 5.02 Å². The molecule has 0 aliphatic carbocycles. The molecule has 2 aliphatic rings. The summed E-state index contributed by atoms with van der Waals surface area (Å²) in [5, 5.41) is 5.57. The predicted molar refractivity (Wildman–Crippen MR) is 139 cm³/mol. The molecule has 0 unspecified atom stereocenters. The van der Waals surface area contributed by atoms with Crippen LogP contribution in [0.5, 0.6) is 5.75 Å². The van der Waals surface area contributed by atoms with Gasteiger partial charge in [0.1, 0.15) is 11.9 Å². The second-order valence-electron chi connectivity index (χ2n) is 8.61. The van der Waals surface area contributed by atoms with Gasteiger partial charge in [-0.15, -0.1) is 12.4 Å². The van der Waals surface area contributed by atoms with E-state index in [0.717, 1.165) is 30.3 Å². The molecule has 1 atom stereocenters. The second kappa shape index (κ2) is 10.7. The zero-order chi connectivity index (χ0) is 23.7. The van der Waals surface area contributed by atoms with Crippen molar-refractivity contribution in [3.63, 3.8) is 0 Å². The third kappa shape index (κ3) is 5.57. The Kier molecular flexibility index (Phi) is 7.88. The van der Waals surface area contributed by atoms with Gasteiger partial charge in [-0.2, -0.15) is 4.31 Å². The smallest absolute Gasteiger partial charge is 0.254 e. The molecule has 0 saturated carbocycles. The first-order valence-electron chi connectivity index (χ1n) is 11.4. The van der Waals surface area contributed by atoms with Crippen molar-refractivity contribution in [3.8, 4) is 5.75 Å². The number of fused-ring (bicyclic) bond motifs is 1. The number of amides is 1. The first kappa shape index (κ1) is 25.7. The highest BCUT2D eigenvalue weighted by Crippen LogP contribution is 2.26. The van der Waals surface area contributed by atoms with Crippen LogP contribution in [0, 0.1) is 0 Å². The van der Waals surface area contributed by atoms with E-state index >= 15 is 0 Å². The highest BCUT2D eigenvalue weighted by molar-refractivity contribution is 7.89. The van der Waals surface area contributed by atoms with Gasteiger partial charge in [0.2, 0.25) is 10.0 Å². The molecule has 3 aromatic carbocycles. The quantitative estimate of drug-likeness (QED) is 0.537. The van der Waals surface area contributed by atoms with Gasteiger partial charge in [-0.3, -0.25) is 4.79 Å². The first-order valence-corrected chi connectivity index (χ1v) is 13.2. The Bertz CT molecular complexity index is 1320. The number of benzene rings is 3. The number of hydrogen-bond donors (Lipinski definition) is 1. The van der Waals surface area contributed by atoms with Crippen molar-refractivity contribution in [1.82, 2.24) is 14.5 Å². The van der Waals surface area contributed by atoms with Crippen LogP contribution in [0.15, 0.2) is 65.6 Å². The van der Waals surface area contributed by atoms with Gasteiger partial charge in [-0.25, -0.2) is 8.42 Å². The molecule has 2 heterocycles. The monoisotopic (exact) mass is 535 g/mol. The minimum atomic E-state index is -3.66. The van der Waals surface area contributed by atoms with Gasteiger partial charge in [0, 0.05) is 43.3 Å². The van der Waals surface area contributed by atoms with Crippen LogP contribution < -0.4 is 10.1 Å². The summed E-state index contributed by atoms with van der Waals surface area (Å²) < 4.78 is 33.9. The SMILES string of the molecule is Cl.O=C(c1cccc(O[C@@H]2CCNC2)c1)N1CCN(S(=O)(=O)c2ccc3cc(Cl)ccc3c2)CC1. The summed E-state index contributed by atoms with van der Waals surface area (Å²) in [4.78, 5) is 15.0. The zero-order valence-electron chi connectivity index (χ0n) is 19.0. The number of hydrogen-bond acceptors (Lipinski definition) is 5. The molecular weight excluding hydrogens is 509 g/mol. The standard InChI is InChI=1S/C25H26ClN3O4S.ClH/c26-21-6-4-19-16-24(7-5-18(19)14-21)34(31,32)29-12-10-28(11-13-29)25(30)20-2-1-3-22(15-20)33-23-8-9-27-17-23;/h1-7,14-16,23,27H,8-13,17H2;1H/t23-;/m1./s1. The lowest BCUT2D eigenvalue weighted by Gasteiger charge is -2.34. The molecule has 2 fully saturated rings. The third-order valence-electron chi connectivity index (χ3n) is 6.34. The Balaban J connectivity index is 0.00000289. The summed E-state index contributed by atoms with van der Waals surface area (Å²) in [5.74, 6) is 0.563. The van der Waals surface area contributed by atoms with Crippen LogP contribution >= 0.6 is 24.0 Å². The number of ether oxygens (including phenoxy) is 1. The lowest BCUT2D eigenvalue weighted by Crippen LogP contribution is -2.50. The van der Waals surface area contributed by atoms with E-state index in [0.29, 0.717) is 29.4 Å². The fourth-order valence-electron chi connectivity index (χ4n) is 4.44. The van der Waals surface area contributed by atoms with Crippen molar-refractivity contribution in [3.05, 3.63) is 71.2 Å². The number of halogens is 2. The van der Waals surface area contributed by atoms with Gasteiger partial charge in [-0.1, -0.05) is 29.8 Å². The highest BCUT2D eigenvalue weighted by Gasteiger charge is 2.30. The topological polar surface area (TPSA) is 79.0 Å². The predicted octanol–water partition coefficient (Wildman–Crippen LogP) is 3.80. The molecule has 2 saturated heterocycles. The Morgan fingerprint density at radius 3 is 2.46 bits per heavy atom. The van der Waals surface area contributed by atoms with Crippen LogP contribution in [0.4, 0.5) is 0 Å². The van der Waals surface area contributed by atoms with Crippen molar-refractivity contribution in [1.29, 1.82) is 0 Å². The summed E-state index contributed by atoms with van der Waals surface area (Å²) in [6.45, 7) is 2.90. The molecular formula is C25H27Cl2N3O4S. The van der Waals surface area contributed by atoms with E-state index in [4.69, 9.17) is 16.3 Å². The molecule has 5 rings (SSSR count). The lowest BCUT2D eigenvalue weighted by atomic mass is 10.1. The molecule has 186 valence electrons. The van der Waals surface area contributed by atoms with E-state index in [1.54, 1.807) is 41.3 Å². The van der Waals surface area contributed by atoms with Crippen molar-refractivity contribution >= 4 is 50.7 Å². The second-order valence-corrected chi connectivity index (χ2v) is 11.0. The summed E-state index contributed by atoms with van der Waals surface area (Å²) >= 11 is 6.03. The maximum absolute atomic E-state index is 13.2. The van der Waals surface area contributed by atoms with Crippen LogP contribution in [0.3, 0.4) is 0 Å². The number of carbonyl (C=O) groups is 1. The fraction of sp³-hybridized carbons (Fsp3) is 0.320. The molecule has 2 aliphatic heterocycles. The van der Waals surface area contributed by atoms with Gasteiger partial charge >= 0.3 is 0 Å². The van der Waals surface area contributed by atoms with Gasteiger partial charge in [0.25, 0.3) is 5.91 Å².